The van der Waals surface area contributed by atoms with Gasteiger partial charge in [0, 0.05) is 39.3 Å². The van der Waals surface area contributed by atoms with Gasteiger partial charge in [-0.2, -0.15) is 0 Å². The second-order valence-electron chi connectivity index (χ2n) is 10.1. The molecule has 3 heterocycles. The first-order valence-corrected chi connectivity index (χ1v) is 13.4. The van der Waals surface area contributed by atoms with Gasteiger partial charge in [0.25, 0.3) is 0 Å². The minimum atomic E-state index is -0.178. The Morgan fingerprint density at radius 3 is 1.97 bits per heavy atom. The van der Waals surface area contributed by atoms with Gasteiger partial charge in [0.15, 0.2) is 0 Å². The summed E-state index contributed by atoms with van der Waals surface area (Å²) in [6.45, 7) is 6.76. The van der Waals surface area contributed by atoms with E-state index in [0.29, 0.717) is 45.9 Å². The summed E-state index contributed by atoms with van der Waals surface area (Å²) in [6, 6.07) is 21.3. The van der Waals surface area contributed by atoms with Crippen molar-refractivity contribution in [1.82, 2.24) is 19.6 Å². The van der Waals surface area contributed by atoms with Crippen molar-refractivity contribution >= 4 is 11.8 Å². The van der Waals surface area contributed by atoms with Gasteiger partial charge < -0.3 is 14.5 Å². The van der Waals surface area contributed by atoms with Gasteiger partial charge in [-0.05, 0) is 30.5 Å². The van der Waals surface area contributed by atoms with E-state index in [9.17, 15) is 9.59 Å². The Labute approximate surface area is 214 Å². The Kier molecular flexibility index (Phi) is 8.31. The van der Waals surface area contributed by atoms with Crippen LogP contribution < -0.4 is 0 Å². The average molecular weight is 491 g/mol. The van der Waals surface area contributed by atoms with Crippen LogP contribution in [0.25, 0.3) is 0 Å². The molecule has 192 valence electrons. The molecule has 0 spiro atoms. The van der Waals surface area contributed by atoms with Crippen LogP contribution in [0.3, 0.4) is 0 Å². The Morgan fingerprint density at radius 2 is 1.36 bits per heavy atom. The molecule has 7 nitrogen and oxygen atoms in total. The summed E-state index contributed by atoms with van der Waals surface area (Å²) < 4.78 is 5.42. The first-order valence-electron chi connectivity index (χ1n) is 13.4. The third kappa shape index (κ3) is 5.80. The molecular weight excluding hydrogens is 452 g/mol. The molecule has 2 aromatic rings. The number of carbonyl (C=O) groups excluding carboxylic acids is 2. The predicted octanol–water partition coefficient (Wildman–Crippen LogP) is 2.63. The van der Waals surface area contributed by atoms with Crippen molar-refractivity contribution in [2.45, 2.75) is 31.3 Å². The smallest absolute Gasteiger partial charge is 0.240 e. The van der Waals surface area contributed by atoms with E-state index in [1.54, 1.807) is 0 Å². The van der Waals surface area contributed by atoms with Crippen molar-refractivity contribution < 1.29 is 14.3 Å². The molecule has 0 N–H and O–H groups in total. The van der Waals surface area contributed by atoms with Gasteiger partial charge in [0.05, 0.1) is 31.8 Å². The van der Waals surface area contributed by atoms with Gasteiger partial charge in [-0.3, -0.25) is 19.4 Å². The Bertz CT molecular complexity index is 949. The zero-order valence-corrected chi connectivity index (χ0v) is 21.1. The number of hydrogen-bond acceptors (Lipinski definition) is 5. The minimum Gasteiger partial charge on any atom is -0.378 e. The first-order chi connectivity index (χ1) is 17.7. The molecule has 0 aromatic heterocycles. The van der Waals surface area contributed by atoms with Crippen molar-refractivity contribution in [2.24, 2.45) is 0 Å². The van der Waals surface area contributed by atoms with E-state index >= 15 is 0 Å². The Morgan fingerprint density at radius 1 is 0.750 bits per heavy atom. The number of ether oxygens (including phenoxy) is 1. The second kappa shape index (κ2) is 12.0. The highest BCUT2D eigenvalue weighted by molar-refractivity contribution is 5.84. The van der Waals surface area contributed by atoms with E-state index in [1.807, 2.05) is 9.80 Å². The van der Waals surface area contributed by atoms with E-state index in [0.717, 1.165) is 38.9 Å². The number of piperazine rings is 1. The van der Waals surface area contributed by atoms with Gasteiger partial charge in [-0.15, -0.1) is 0 Å². The fraction of sp³-hybridized carbons (Fsp3) is 0.517. The van der Waals surface area contributed by atoms with E-state index in [-0.39, 0.29) is 23.9 Å². The Hall–Kier alpha value is -2.74. The highest BCUT2D eigenvalue weighted by atomic mass is 16.5. The molecule has 0 aliphatic carbocycles. The number of carbonyl (C=O) groups is 2. The molecule has 1 unspecified atom stereocenters. The number of piperidine rings is 1. The van der Waals surface area contributed by atoms with E-state index < -0.39 is 0 Å². The van der Waals surface area contributed by atoms with E-state index in [4.69, 9.17) is 4.74 Å². The molecule has 36 heavy (non-hydrogen) atoms. The fourth-order valence-corrected chi connectivity index (χ4v) is 5.84. The van der Waals surface area contributed by atoms with E-state index in [2.05, 4.69) is 70.5 Å². The average Bonchev–Trinajstić information content (AvgIpc) is 2.95. The molecule has 2 amide bonds. The zero-order valence-electron chi connectivity index (χ0n) is 21.1. The monoisotopic (exact) mass is 490 g/mol. The van der Waals surface area contributed by atoms with Crippen LogP contribution >= 0.6 is 0 Å². The summed E-state index contributed by atoms with van der Waals surface area (Å²) in [5, 5.41) is 0. The lowest BCUT2D eigenvalue weighted by Gasteiger charge is -2.42. The lowest BCUT2D eigenvalue weighted by Crippen LogP contribution is -2.57. The van der Waals surface area contributed by atoms with E-state index in [1.165, 1.54) is 11.1 Å². The van der Waals surface area contributed by atoms with Gasteiger partial charge in [0.1, 0.15) is 0 Å². The standard InChI is InChI=1S/C29H38N4O3/c34-27(23-33-14-8-7-13-26(33)29(35)32-19-21-36-22-20-32)30-15-17-31(18-16-30)28(24-9-3-1-4-10-24)25-11-5-2-6-12-25/h1-6,9-12,26,28H,7-8,13-23H2. The lowest BCUT2D eigenvalue weighted by molar-refractivity contribution is -0.145. The van der Waals surface area contributed by atoms with Crippen LogP contribution in [0.5, 0.6) is 0 Å². The van der Waals surface area contributed by atoms with Crippen LogP contribution in [0.15, 0.2) is 60.7 Å². The van der Waals surface area contributed by atoms with Crippen LogP contribution in [-0.4, -0.2) is 103 Å². The molecule has 2 aromatic carbocycles. The molecule has 0 radical (unpaired) electrons. The maximum Gasteiger partial charge on any atom is 0.240 e. The van der Waals surface area contributed by atoms with Crippen molar-refractivity contribution in [1.29, 1.82) is 0 Å². The summed E-state index contributed by atoms with van der Waals surface area (Å²) in [6.07, 6.45) is 2.93. The number of amides is 2. The number of nitrogens with zero attached hydrogens (tertiary/aromatic N) is 4. The van der Waals surface area contributed by atoms with Gasteiger partial charge >= 0.3 is 0 Å². The number of hydrogen-bond donors (Lipinski definition) is 0. The SMILES string of the molecule is O=C(CN1CCCCC1C(=O)N1CCOCC1)N1CCN(C(c2ccccc2)c2ccccc2)CC1. The number of likely N-dealkylation sites (tertiary alicyclic amines) is 1. The molecule has 3 aliphatic rings. The largest absolute Gasteiger partial charge is 0.378 e. The number of rotatable bonds is 6. The van der Waals surface area contributed by atoms with Gasteiger partial charge in [-0.1, -0.05) is 67.1 Å². The lowest BCUT2D eigenvalue weighted by atomic mass is 9.96. The topological polar surface area (TPSA) is 56.3 Å². The van der Waals surface area contributed by atoms with Crippen molar-refractivity contribution in [3.8, 4) is 0 Å². The summed E-state index contributed by atoms with van der Waals surface area (Å²) >= 11 is 0. The minimum absolute atomic E-state index is 0.146. The summed E-state index contributed by atoms with van der Waals surface area (Å²) in [5.74, 6) is 0.316. The fourth-order valence-electron chi connectivity index (χ4n) is 5.84. The third-order valence-corrected chi connectivity index (χ3v) is 7.82. The van der Waals surface area contributed by atoms with Crippen molar-refractivity contribution in [3.63, 3.8) is 0 Å². The van der Waals surface area contributed by atoms with Gasteiger partial charge in [0.2, 0.25) is 11.8 Å². The molecule has 0 saturated carbocycles. The molecule has 3 fully saturated rings. The van der Waals surface area contributed by atoms with Crippen molar-refractivity contribution in [2.75, 3.05) is 65.6 Å². The second-order valence-corrected chi connectivity index (χ2v) is 10.1. The molecule has 5 rings (SSSR count). The van der Waals surface area contributed by atoms with Crippen LogP contribution in [0, 0.1) is 0 Å². The molecule has 3 saturated heterocycles. The first kappa shape index (κ1) is 24.9. The van der Waals surface area contributed by atoms with Crippen LogP contribution in [0.2, 0.25) is 0 Å². The normalized spacial score (nSPS) is 22.1. The number of morpholine rings is 1. The predicted molar refractivity (Wildman–Crippen MR) is 139 cm³/mol. The van der Waals surface area contributed by atoms with Crippen LogP contribution in [0.1, 0.15) is 36.4 Å². The quantitative estimate of drug-likeness (QED) is 0.623. The highest BCUT2D eigenvalue weighted by Crippen LogP contribution is 2.29. The van der Waals surface area contributed by atoms with Crippen molar-refractivity contribution in [3.05, 3.63) is 71.8 Å². The number of benzene rings is 2. The molecule has 0 bridgehead atoms. The molecular formula is C29H38N4O3. The van der Waals surface area contributed by atoms with Gasteiger partial charge in [-0.25, -0.2) is 0 Å². The summed E-state index contributed by atoms with van der Waals surface area (Å²) in [7, 11) is 0. The maximum atomic E-state index is 13.3. The summed E-state index contributed by atoms with van der Waals surface area (Å²) in [5.41, 5.74) is 2.56. The summed E-state index contributed by atoms with van der Waals surface area (Å²) in [4.78, 5) is 35.1. The highest BCUT2D eigenvalue weighted by Gasteiger charge is 2.35. The molecule has 3 aliphatic heterocycles. The Balaban J connectivity index is 1.21. The third-order valence-electron chi connectivity index (χ3n) is 7.82. The zero-order chi connectivity index (χ0) is 24.7. The molecule has 7 heteroatoms. The van der Waals surface area contributed by atoms with Crippen LogP contribution in [0.4, 0.5) is 0 Å². The molecule has 1 atom stereocenters. The van der Waals surface area contributed by atoms with Crippen LogP contribution in [-0.2, 0) is 14.3 Å². The maximum absolute atomic E-state index is 13.3.